The molecule has 0 heterocycles. The zero-order valence-corrected chi connectivity index (χ0v) is 10.8. The van der Waals surface area contributed by atoms with Crippen molar-refractivity contribution in [2.45, 2.75) is 27.7 Å². The Hall–Kier alpha value is -0.140. The Morgan fingerprint density at radius 2 is 1.29 bits per heavy atom. The molecule has 4 heteroatoms. The third-order valence-electron chi connectivity index (χ3n) is 2.86. The number of rotatable bonds is 5. The Morgan fingerprint density at radius 3 is 1.29 bits per heavy atom. The minimum atomic E-state index is -0.968. The van der Waals surface area contributed by atoms with Crippen molar-refractivity contribution in [3.8, 4) is 0 Å². The van der Waals surface area contributed by atoms with Crippen LogP contribution in [0.25, 0.3) is 0 Å². The maximum Gasteiger partial charge on any atom is 0.317 e. The molecule has 86 valence electrons. The maximum atomic E-state index is 9.24. The van der Waals surface area contributed by atoms with E-state index >= 15 is 0 Å². The van der Waals surface area contributed by atoms with Crippen molar-refractivity contribution in [2.75, 3.05) is 31.2 Å². The molecule has 0 aliphatic heterocycles. The highest BCUT2D eigenvalue weighted by atomic mass is 31.2. The van der Waals surface area contributed by atoms with Gasteiger partial charge >= 0.3 is 5.97 Å². The van der Waals surface area contributed by atoms with Gasteiger partial charge in [-0.15, -0.1) is 0 Å². The van der Waals surface area contributed by atoms with Gasteiger partial charge in [-0.25, -0.2) is 0 Å². The normalized spacial score (nSPS) is 10.4. The highest BCUT2D eigenvalue weighted by Crippen LogP contribution is 2.57. The molecule has 0 fully saturated rings. The van der Waals surface area contributed by atoms with E-state index < -0.39 is 13.2 Å². The molecule has 0 spiro atoms. The van der Waals surface area contributed by atoms with Crippen molar-refractivity contribution in [1.29, 1.82) is 0 Å². The van der Waals surface area contributed by atoms with Gasteiger partial charge in [0.15, 0.2) is 0 Å². The van der Waals surface area contributed by atoms with Crippen molar-refractivity contribution in [3.63, 3.8) is 0 Å². The van der Waals surface area contributed by atoms with Gasteiger partial charge in [0.1, 0.15) is 0 Å². The van der Waals surface area contributed by atoms with Crippen molar-refractivity contribution in [1.82, 2.24) is 0 Å². The van der Waals surface area contributed by atoms with E-state index in [4.69, 9.17) is 5.11 Å². The van der Waals surface area contributed by atoms with Crippen LogP contribution in [0.4, 0.5) is 0 Å². The highest BCUT2D eigenvalue weighted by molar-refractivity contribution is 7.75. The van der Waals surface area contributed by atoms with Gasteiger partial charge in [-0.1, -0.05) is 0 Å². The molecule has 14 heavy (non-hydrogen) atoms. The summed E-state index contributed by atoms with van der Waals surface area (Å²) in [5.41, 5.74) is 4.57. The number of carbonyl (C=O) groups is 1. The molecule has 3 N–H and O–H groups in total. The summed E-state index contributed by atoms with van der Waals surface area (Å²) in [5, 5.41) is 7.60. The van der Waals surface area contributed by atoms with Gasteiger partial charge in [-0.3, -0.25) is 4.79 Å². The zero-order chi connectivity index (χ0) is 11.6. The van der Waals surface area contributed by atoms with E-state index in [1.807, 2.05) is 0 Å². The number of aliphatic carboxylic acids is 1. The third kappa shape index (κ3) is 7.28. The first-order valence-corrected chi connectivity index (χ1v) is 7.81. The van der Waals surface area contributed by atoms with Gasteiger partial charge in [-0.05, 0) is 27.7 Å². The lowest BCUT2D eigenvalue weighted by Gasteiger charge is -2.20. The number of carboxylic acids is 1. The lowest BCUT2D eigenvalue weighted by Crippen LogP contribution is -2.10. The highest BCUT2D eigenvalue weighted by Gasteiger charge is 2.27. The lowest BCUT2D eigenvalue weighted by atomic mass is 10.7. The second-order valence-electron chi connectivity index (χ2n) is 3.20. The maximum absolute atomic E-state index is 9.24. The Kier molecular flexibility index (Phi) is 11.0. The van der Waals surface area contributed by atoms with Gasteiger partial charge in [-0.2, -0.15) is 0 Å². The SMILES string of the molecule is CC[P+](CC)(CC)CC.NCC(=O)O. The van der Waals surface area contributed by atoms with Crippen LogP contribution in [0, 0.1) is 0 Å². The van der Waals surface area contributed by atoms with Gasteiger partial charge in [0.2, 0.25) is 0 Å². The van der Waals surface area contributed by atoms with Crippen LogP contribution in [0.15, 0.2) is 0 Å². The first kappa shape index (κ1) is 16.3. The quantitative estimate of drug-likeness (QED) is 0.700. The first-order valence-electron chi connectivity index (χ1n) is 5.28. The Balaban J connectivity index is 0. The summed E-state index contributed by atoms with van der Waals surface area (Å²) in [6.45, 7) is 9.13. The zero-order valence-electron chi connectivity index (χ0n) is 9.92. The van der Waals surface area contributed by atoms with Crippen molar-refractivity contribution in [3.05, 3.63) is 0 Å². The molecule has 0 aliphatic carbocycles. The van der Waals surface area contributed by atoms with Crippen molar-refractivity contribution < 1.29 is 9.90 Å². The molecule has 0 aliphatic rings. The minimum Gasteiger partial charge on any atom is -0.480 e. The van der Waals surface area contributed by atoms with Crippen LogP contribution < -0.4 is 5.73 Å². The van der Waals surface area contributed by atoms with E-state index in [1.54, 1.807) is 0 Å². The molecular formula is C10H25NO2P+. The van der Waals surface area contributed by atoms with Crippen molar-refractivity contribution >= 4 is 13.2 Å². The first-order chi connectivity index (χ1) is 6.51. The summed E-state index contributed by atoms with van der Waals surface area (Å²) >= 11 is 0. The summed E-state index contributed by atoms with van der Waals surface area (Å²) in [5.74, 6) is -0.968. The predicted molar refractivity (Wildman–Crippen MR) is 65.8 cm³/mol. The lowest BCUT2D eigenvalue weighted by molar-refractivity contribution is -0.135. The molecule has 0 atom stereocenters. The van der Waals surface area contributed by atoms with Crippen molar-refractivity contribution in [2.24, 2.45) is 5.73 Å². The molecule has 0 radical (unpaired) electrons. The number of hydrogen-bond acceptors (Lipinski definition) is 2. The molecule has 0 saturated heterocycles. The molecule has 0 bridgehead atoms. The fourth-order valence-electron chi connectivity index (χ4n) is 1.34. The summed E-state index contributed by atoms with van der Waals surface area (Å²) < 4.78 is 0. The monoisotopic (exact) mass is 222 g/mol. The van der Waals surface area contributed by atoms with Crippen LogP contribution in [0.1, 0.15) is 27.7 Å². The predicted octanol–water partition coefficient (Wildman–Crippen LogP) is 2.11. The van der Waals surface area contributed by atoms with Crippen LogP contribution in [0.5, 0.6) is 0 Å². The minimum absolute atomic E-state index is 0.278. The molecule has 3 nitrogen and oxygen atoms in total. The molecule has 0 saturated carbocycles. The molecule has 0 aromatic carbocycles. The Morgan fingerprint density at radius 1 is 1.07 bits per heavy atom. The van der Waals surface area contributed by atoms with E-state index in [0.717, 1.165) is 0 Å². The number of nitrogens with two attached hydrogens (primary N) is 1. The topological polar surface area (TPSA) is 63.3 Å². The van der Waals surface area contributed by atoms with E-state index in [0.29, 0.717) is 0 Å². The van der Waals surface area contributed by atoms with Gasteiger partial charge < -0.3 is 10.8 Å². The van der Waals surface area contributed by atoms with E-state index in [-0.39, 0.29) is 6.54 Å². The molecule has 0 aromatic heterocycles. The third-order valence-corrected chi connectivity index (χ3v) is 8.22. The van der Waals surface area contributed by atoms with Gasteiger partial charge in [0.25, 0.3) is 0 Å². The molecule has 0 rings (SSSR count). The van der Waals surface area contributed by atoms with Crippen LogP contribution in [-0.4, -0.2) is 42.3 Å². The smallest absolute Gasteiger partial charge is 0.317 e. The fraction of sp³-hybridized carbons (Fsp3) is 0.900. The van der Waals surface area contributed by atoms with Crippen LogP contribution in [-0.2, 0) is 4.79 Å². The summed E-state index contributed by atoms with van der Waals surface area (Å²) in [4.78, 5) is 9.24. The molecular weight excluding hydrogens is 197 g/mol. The largest absolute Gasteiger partial charge is 0.480 e. The summed E-state index contributed by atoms with van der Waals surface area (Å²) in [6.07, 6.45) is 5.82. The van der Waals surface area contributed by atoms with E-state index in [1.165, 1.54) is 24.6 Å². The fourth-order valence-corrected chi connectivity index (χ4v) is 4.02. The second-order valence-corrected chi connectivity index (χ2v) is 8.42. The number of hydrogen-bond donors (Lipinski definition) is 2. The average Bonchev–Trinajstić information content (AvgIpc) is 2.23. The second kappa shape index (κ2) is 9.42. The van der Waals surface area contributed by atoms with Crippen LogP contribution in [0.2, 0.25) is 0 Å². The number of carboxylic acid groups (broad SMARTS) is 1. The average molecular weight is 222 g/mol. The Bertz CT molecular complexity index is 130. The standard InChI is InChI=1S/C8H20P.C2H5NO2/c1-5-9(6-2,7-3)8-4;3-1-2(4)5/h5-8H2,1-4H3;1,3H2,(H,4,5)/q+1;. The summed E-state index contributed by atoms with van der Waals surface area (Å²) in [7, 11) is -0.420. The van der Waals surface area contributed by atoms with E-state index in [9.17, 15) is 4.79 Å². The Labute approximate surface area is 88.4 Å². The van der Waals surface area contributed by atoms with Gasteiger partial charge in [0.05, 0.1) is 31.2 Å². The molecule has 0 amide bonds. The van der Waals surface area contributed by atoms with E-state index in [2.05, 4.69) is 33.4 Å². The van der Waals surface area contributed by atoms with Gasteiger partial charge in [0, 0.05) is 7.26 Å². The van der Waals surface area contributed by atoms with Crippen LogP contribution >= 0.6 is 7.26 Å². The molecule has 0 aromatic rings. The molecule has 0 unspecified atom stereocenters. The van der Waals surface area contributed by atoms with Crippen LogP contribution in [0.3, 0.4) is 0 Å². The summed E-state index contributed by atoms with van der Waals surface area (Å²) in [6, 6.07) is 0.